The number of benzene rings is 1. The fourth-order valence-electron chi connectivity index (χ4n) is 5.51. The van der Waals surface area contributed by atoms with E-state index in [9.17, 15) is 9.18 Å². The normalized spacial score (nSPS) is 20.6. The summed E-state index contributed by atoms with van der Waals surface area (Å²) in [4.78, 5) is 15.6. The molecule has 0 bridgehead atoms. The number of hydrogen-bond donors (Lipinski definition) is 1. The van der Waals surface area contributed by atoms with Crippen LogP contribution in [0.25, 0.3) is 5.69 Å². The van der Waals surface area contributed by atoms with Crippen LogP contribution in [0.1, 0.15) is 66.7 Å². The number of carbonyl (C=O) groups excluding carboxylic acids is 1. The molecule has 1 aromatic heterocycles. The predicted molar refractivity (Wildman–Crippen MR) is 114 cm³/mol. The molecule has 2 aromatic rings. The molecule has 0 radical (unpaired) electrons. The van der Waals surface area contributed by atoms with Crippen molar-refractivity contribution in [3.63, 3.8) is 0 Å². The smallest absolute Gasteiger partial charge is 0.272 e. The first-order valence-electron chi connectivity index (χ1n) is 11.6. The summed E-state index contributed by atoms with van der Waals surface area (Å²) in [5.41, 5.74) is 2.89. The molecule has 0 atom stereocenters. The molecule has 1 N–H and O–H groups in total. The third kappa shape index (κ3) is 3.89. The van der Waals surface area contributed by atoms with Gasteiger partial charge in [0.05, 0.1) is 0 Å². The van der Waals surface area contributed by atoms with E-state index < -0.39 is 0 Å². The number of rotatable bonds is 5. The van der Waals surface area contributed by atoms with Crippen LogP contribution in [-0.2, 0) is 12.8 Å². The molecule has 3 aliphatic rings. The van der Waals surface area contributed by atoms with Gasteiger partial charge in [-0.2, -0.15) is 5.10 Å². The first-order chi connectivity index (χ1) is 14.7. The van der Waals surface area contributed by atoms with Gasteiger partial charge in [-0.1, -0.05) is 25.0 Å². The third-order valence-corrected chi connectivity index (χ3v) is 7.14. The maximum absolute atomic E-state index is 14.3. The van der Waals surface area contributed by atoms with Crippen molar-refractivity contribution in [2.75, 3.05) is 19.6 Å². The monoisotopic (exact) mass is 410 g/mol. The van der Waals surface area contributed by atoms with Gasteiger partial charge in [0.1, 0.15) is 11.5 Å². The van der Waals surface area contributed by atoms with E-state index in [0.717, 1.165) is 62.4 Å². The van der Waals surface area contributed by atoms with Crippen LogP contribution in [0.15, 0.2) is 24.3 Å². The van der Waals surface area contributed by atoms with E-state index in [0.29, 0.717) is 11.4 Å². The molecule has 1 saturated heterocycles. The average molecular weight is 411 g/mol. The number of nitrogens with one attached hydrogen (secondary N) is 1. The number of para-hydroxylation sites is 1. The van der Waals surface area contributed by atoms with Crippen molar-refractivity contribution in [1.82, 2.24) is 20.0 Å². The summed E-state index contributed by atoms with van der Waals surface area (Å²) in [6.07, 6.45) is 10.2. The van der Waals surface area contributed by atoms with E-state index in [1.807, 2.05) is 0 Å². The topological polar surface area (TPSA) is 50.2 Å². The molecule has 30 heavy (non-hydrogen) atoms. The minimum atomic E-state index is -0.309. The highest BCUT2D eigenvalue weighted by Crippen LogP contribution is 2.29. The molecule has 0 unspecified atom stereocenters. The SMILES string of the molecule is O=C(NC1CCN(CC2CCCC2)CC1)c1nn(-c2ccccc2F)c2c1CCC2. The number of aromatic nitrogens is 2. The zero-order chi connectivity index (χ0) is 20.5. The number of halogens is 1. The molecule has 1 amide bonds. The average Bonchev–Trinajstić information content (AvgIpc) is 3.48. The van der Waals surface area contributed by atoms with Crippen molar-refractivity contribution in [3.05, 3.63) is 47.0 Å². The molecular formula is C24H31FN4O. The number of nitrogens with zero attached hydrogens (tertiary/aromatic N) is 3. The fraction of sp³-hybridized carbons (Fsp3) is 0.583. The summed E-state index contributed by atoms with van der Waals surface area (Å²) in [6.45, 7) is 3.34. The number of carbonyl (C=O) groups is 1. The Morgan fingerprint density at radius 1 is 1.07 bits per heavy atom. The molecule has 2 fully saturated rings. The van der Waals surface area contributed by atoms with Gasteiger partial charge in [0.25, 0.3) is 5.91 Å². The summed E-state index contributed by atoms with van der Waals surface area (Å²) in [7, 11) is 0. The van der Waals surface area contributed by atoms with Crippen LogP contribution in [0.4, 0.5) is 4.39 Å². The second-order valence-corrected chi connectivity index (χ2v) is 9.19. The van der Waals surface area contributed by atoms with Crippen molar-refractivity contribution >= 4 is 5.91 Å². The lowest BCUT2D eigenvalue weighted by Crippen LogP contribution is -2.45. The van der Waals surface area contributed by atoms with Gasteiger partial charge in [-0.05, 0) is 63.0 Å². The van der Waals surface area contributed by atoms with Gasteiger partial charge in [0.2, 0.25) is 0 Å². The van der Waals surface area contributed by atoms with E-state index in [2.05, 4.69) is 15.3 Å². The predicted octanol–water partition coefficient (Wildman–Crippen LogP) is 3.88. The summed E-state index contributed by atoms with van der Waals surface area (Å²) < 4.78 is 16.0. The highest BCUT2D eigenvalue weighted by Gasteiger charge is 2.30. The Balaban J connectivity index is 1.25. The standard InChI is InChI=1S/C24H31FN4O/c25-20-9-3-4-10-22(20)29-21-11-5-8-19(21)23(27-29)24(30)26-18-12-14-28(15-13-18)16-17-6-1-2-7-17/h3-4,9-10,17-18H,1-2,5-8,11-16H2,(H,26,30). The molecule has 0 spiro atoms. The molecule has 160 valence electrons. The van der Waals surface area contributed by atoms with E-state index >= 15 is 0 Å². The summed E-state index contributed by atoms with van der Waals surface area (Å²) >= 11 is 0. The first kappa shape index (κ1) is 19.7. The lowest BCUT2D eigenvalue weighted by atomic mass is 10.0. The molecule has 2 heterocycles. The second kappa shape index (κ2) is 8.50. The molecule has 1 saturated carbocycles. The summed E-state index contributed by atoms with van der Waals surface area (Å²) in [5, 5.41) is 7.79. The number of likely N-dealkylation sites (tertiary alicyclic amines) is 1. The maximum atomic E-state index is 14.3. The lowest BCUT2D eigenvalue weighted by Gasteiger charge is -2.33. The second-order valence-electron chi connectivity index (χ2n) is 9.19. The van der Waals surface area contributed by atoms with E-state index in [1.54, 1.807) is 22.9 Å². The summed E-state index contributed by atoms with van der Waals surface area (Å²) in [6, 6.07) is 6.85. The van der Waals surface area contributed by atoms with Crippen LogP contribution >= 0.6 is 0 Å². The molecule has 2 aliphatic carbocycles. The van der Waals surface area contributed by atoms with Crippen LogP contribution in [0.5, 0.6) is 0 Å². The third-order valence-electron chi connectivity index (χ3n) is 7.14. The molecule has 1 aromatic carbocycles. The van der Waals surface area contributed by atoms with Crippen molar-refractivity contribution in [2.24, 2.45) is 5.92 Å². The number of piperidine rings is 1. The number of fused-ring (bicyclic) bond motifs is 1. The Morgan fingerprint density at radius 2 is 1.83 bits per heavy atom. The van der Waals surface area contributed by atoms with Crippen LogP contribution in [0.2, 0.25) is 0 Å². The Bertz CT molecular complexity index is 910. The fourth-order valence-corrected chi connectivity index (χ4v) is 5.51. The Morgan fingerprint density at radius 3 is 2.60 bits per heavy atom. The zero-order valence-electron chi connectivity index (χ0n) is 17.6. The van der Waals surface area contributed by atoms with Crippen molar-refractivity contribution in [1.29, 1.82) is 0 Å². The van der Waals surface area contributed by atoms with E-state index in [-0.39, 0.29) is 17.8 Å². The van der Waals surface area contributed by atoms with E-state index in [1.165, 1.54) is 38.3 Å². The largest absolute Gasteiger partial charge is 0.348 e. The Kier molecular flexibility index (Phi) is 5.59. The van der Waals surface area contributed by atoms with Crippen LogP contribution in [-0.4, -0.2) is 46.3 Å². The zero-order valence-corrected chi connectivity index (χ0v) is 17.6. The van der Waals surface area contributed by atoms with Gasteiger partial charge in [-0.15, -0.1) is 0 Å². The van der Waals surface area contributed by atoms with Crippen LogP contribution in [0.3, 0.4) is 0 Å². The van der Waals surface area contributed by atoms with Crippen molar-refractivity contribution < 1.29 is 9.18 Å². The molecule has 5 rings (SSSR count). The maximum Gasteiger partial charge on any atom is 0.272 e. The lowest BCUT2D eigenvalue weighted by molar-refractivity contribution is 0.0899. The number of hydrogen-bond acceptors (Lipinski definition) is 3. The highest BCUT2D eigenvalue weighted by molar-refractivity contribution is 5.94. The van der Waals surface area contributed by atoms with Gasteiger partial charge < -0.3 is 10.2 Å². The Hall–Kier alpha value is -2.21. The van der Waals surface area contributed by atoms with Crippen molar-refractivity contribution in [2.45, 2.75) is 63.8 Å². The highest BCUT2D eigenvalue weighted by atomic mass is 19.1. The van der Waals surface area contributed by atoms with Gasteiger partial charge >= 0.3 is 0 Å². The van der Waals surface area contributed by atoms with Gasteiger partial charge in [0, 0.05) is 36.9 Å². The van der Waals surface area contributed by atoms with E-state index in [4.69, 9.17) is 0 Å². The summed E-state index contributed by atoms with van der Waals surface area (Å²) in [5.74, 6) is 0.467. The minimum Gasteiger partial charge on any atom is -0.348 e. The minimum absolute atomic E-state index is 0.0996. The van der Waals surface area contributed by atoms with Gasteiger partial charge in [0.15, 0.2) is 5.69 Å². The van der Waals surface area contributed by atoms with Crippen LogP contribution in [0, 0.1) is 11.7 Å². The molecule has 1 aliphatic heterocycles. The first-order valence-corrected chi connectivity index (χ1v) is 11.6. The number of amides is 1. The van der Waals surface area contributed by atoms with Crippen molar-refractivity contribution in [3.8, 4) is 5.69 Å². The molecule has 5 nitrogen and oxygen atoms in total. The molecular weight excluding hydrogens is 379 g/mol. The van der Waals surface area contributed by atoms with Gasteiger partial charge in [-0.3, -0.25) is 4.79 Å². The Labute approximate surface area is 177 Å². The molecule has 6 heteroatoms. The van der Waals surface area contributed by atoms with Gasteiger partial charge in [-0.25, -0.2) is 9.07 Å². The quantitative estimate of drug-likeness (QED) is 0.814. The van der Waals surface area contributed by atoms with Crippen LogP contribution < -0.4 is 5.32 Å².